The first-order chi connectivity index (χ1) is 7.72. The molecule has 0 radical (unpaired) electrons. The van der Waals surface area contributed by atoms with Crippen LogP contribution in [-0.2, 0) is 0 Å². The van der Waals surface area contributed by atoms with Crippen molar-refractivity contribution in [1.29, 1.82) is 0 Å². The molecule has 1 aromatic rings. The maximum absolute atomic E-state index is 9.86. The molecule has 0 heterocycles. The minimum Gasteiger partial charge on any atom is -0.507 e. The normalized spacial score (nSPS) is 10.9. The highest BCUT2D eigenvalue weighted by Crippen LogP contribution is 2.25. The van der Waals surface area contributed by atoms with E-state index in [0.717, 1.165) is 24.3 Å². The summed E-state index contributed by atoms with van der Waals surface area (Å²) in [6, 6.07) is 5.78. The van der Waals surface area contributed by atoms with E-state index >= 15 is 0 Å². The fourth-order valence-corrected chi connectivity index (χ4v) is 1.74. The number of benzene rings is 1. The van der Waals surface area contributed by atoms with Crippen molar-refractivity contribution in [3.05, 3.63) is 29.8 Å². The Morgan fingerprint density at radius 3 is 2.50 bits per heavy atom. The molecule has 16 heavy (non-hydrogen) atoms. The van der Waals surface area contributed by atoms with Crippen molar-refractivity contribution in [3.8, 4) is 5.75 Å². The molecule has 0 aliphatic carbocycles. The summed E-state index contributed by atoms with van der Waals surface area (Å²) in [6.45, 7) is 6.11. The molecule has 88 valence electrons. The molecule has 0 aromatic heterocycles. The Hall–Kier alpha value is -1.09. The van der Waals surface area contributed by atoms with Gasteiger partial charge in [-0.25, -0.2) is 0 Å². The molecule has 0 saturated heterocycles. The number of rotatable bonds is 5. The van der Waals surface area contributed by atoms with Gasteiger partial charge in [0.15, 0.2) is 0 Å². The third-order valence-corrected chi connectivity index (χ3v) is 2.76. The lowest BCUT2D eigenvalue weighted by Crippen LogP contribution is -2.21. The van der Waals surface area contributed by atoms with Gasteiger partial charge in [0.1, 0.15) is 5.75 Å². The zero-order valence-electron chi connectivity index (χ0n) is 9.85. The average Bonchev–Trinajstić information content (AvgIpc) is 2.29. The van der Waals surface area contributed by atoms with Gasteiger partial charge in [-0.15, -0.1) is 0 Å². The van der Waals surface area contributed by atoms with E-state index in [1.807, 2.05) is 30.4 Å². The highest BCUT2D eigenvalue weighted by atomic mass is 32.1. The average molecular weight is 237 g/mol. The van der Waals surface area contributed by atoms with Gasteiger partial charge in [-0.2, -0.15) is 12.6 Å². The Kier molecular flexibility index (Phi) is 5.26. The number of phenolic OH excluding ortho intramolecular Hbond substituents is 1. The first-order valence-electron chi connectivity index (χ1n) is 5.58. The van der Waals surface area contributed by atoms with Crippen LogP contribution in [0, 0.1) is 0 Å². The van der Waals surface area contributed by atoms with E-state index in [1.54, 1.807) is 0 Å². The highest BCUT2D eigenvalue weighted by Gasteiger charge is 2.04. The molecule has 1 rings (SSSR count). The molecular formula is C13H19NOS. The van der Waals surface area contributed by atoms with E-state index < -0.39 is 0 Å². The largest absolute Gasteiger partial charge is 0.507 e. The van der Waals surface area contributed by atoms with Crippen LogP contribution < -0.4 is 4.90 Å². The summed E-state index contributed by atoms with van der Waals surface area (Å²) < 4.78 is 0. The SMILES string of the molecule is CCN(CC)c1ccc(C=CCS)c(O)c1. The van der Waals surface area contributed by atoms with Crippen LogP contribution in [0.3, 0.4) is 0 Å². The molecule has 0 unspecified atom stereocenters. The van der Waals surface area contributed by atoms with Crippen molar-refractivity contribution in [3.63, 3.8) is 0 Å². The van der Waals surface area contributed by atoms with E-state index in [2.05, 4.69) is 31.4 Å². The number of anilines is 1. The van der Waals surface area contributed by atoms with Gasteiger partial charge in [0.2, 0.25) is 0 Å². The van der Waals surface area contributed by atoms with Crippen molar-refractivity contribution < 1.29 is 5.11 Å². The predicted octanol–water partition coefficient (Wildman–Crippen LogP) is 3.18. The zero-order chi connectivity index (χ0) is 12.0. The minimum atomic E-state index is 0.322. The van der Waals surface area contributed by atoms with Crippen molar-refractivity contribution in [2.45, 2.75) is 13.8 Å². The number of hydrogen-bond donors (Lipinski definition) is 2. The quantitative estimate of drug-likeness (QED) is 0.768. The Balaban J connectivity index is 2.94. The van der Waals surface area contributed by atoms with Gasteiger partial charge < -0.3 is 10.0 Å². The molecule has 0 bridgehead atoms. The first kappa shape index (κ1) is 13.0. The minimum absolute atomic E-state index is 0.322. The molecule has 0 aliphatic rings. The molecule has 0 atom stereocenters. The third kappa shape index (κ3) is 3.20. The maximum Gasteiger partial charge on any atom is 0.124 e. The second-order valence-corrected chi connectivity index (χ2v) is 3.87. The molecule has 1 N–H and O–H groups in total. The number of thiol groups is 1. The lowest BCUT2D eigenvalue weighted by atomic mass is 10.1. The van der Waals surface area contributed by atoms with Gasteiger partial charge in [0.25, 0.3) is 0 Å². The fourth-order valence-electron chi connectivity index (χ4n) is 1.64. The zero-order valence-corrected chi connectivity index (χ0v) is 10.7. The molecule has 0 amide bonds. The Morgan fingerprint density at radius 1 is 1.31 bits per heavy atom. The summed E-state index contributed by atoms with van der Waals surface area (Å²) >= 11 is 4.09. The predicted molar refractivity (Wildman–Crippen MR) is 74.6 cm³/mol. The summed E-state index contributed by atoms with van der Waals surface area (Å²) in [5.41, 5.74) is 1.90. The summed E-state index contributed by atoms with van der Waals surface area (Å²) in [5, 5.41) is 9.86. The number of nitrogens with zero attached hydrogens (tertiary/aromatic N) is 1. The van der Waals surface area contributed by atoms with E-state index in [1.165, 1.54) is 0 Å². The number of phenols is 1. The van der Waals surface area contributed by atoms with Crippen LogP contribution in [0.15, 0.2) is 24.3 Å². The fraction of sp³-hybridized carbons (Fsp3) is 0.385. The van der Waals surface area contributed by atoms with Crippen LogP contribution in [0.4, 0.5) is 5.69 Å². The van der Waals surface area contributed by atoms with E-state index in [4.69, 9.17) is 0 Å². The van der Waals surface area contributed by atoms with Crippen molar-refractivity contribution >= 4 is 24.4 Å². The molecule has 3 heteroatoms. The number of aromatic hydroxyl groups is 1. The summed E-state index contributed by atoms with van der Waals surface area (Å²) in [4.78, 5) is 2.20. The standard InChI is InChI=1S/C13H19NOS/c1-3-14(4-2)12-8-7-11(6-5-9-16)13(15)10-12/h5-8,10,15-16H,3-4,9H2,1-2H3. The van der Waals surface area contributed by atoms with Gasteiger partial charge >= 0.3 is 0 Å². The van der Waals surface area contributed by atoms with E-state index in [-0.39, 0.29) is 0 Å². The molecular weight excluding hydrogens is 218 g/mol. The monoisotopic (exact) mass is 237 g/mol. The maximum atomic E-state index is 9.86. The Morgan fingerprint density at radius 2 is 2.00 bits per heavy atom. The second-order valence-electron chi connectivity index (χ2n) is 3.50. The van der Waals surface area contributed by atoms with Crippen LogP contribution in [0.25, 0.3) is 6.08 Å². The van der Waals surface area contributed by atoms with Gasteiger partial charge in [-0.1, -0.05) is 12.2 Å². The topological polar surface area (TPSA) is 23.5 Å². The summed E-state index contributed by atoms with van der Waals surface area (Å²) in [5.74, 6) is 1.000. The van der Waals surface area contributed by atoms with E-state index in [0.29, 0.717) is 11.5 Å². The first-order valence-corrected chi connectivity index (χ1v) is 6.21. The van der Waals surface area contributed by atoms with Gasteiger partial charge in [-0.05, 0) is 26.0 Å². The van der Waals surface area contributed by atoms with Gasteiger partial charge in [0, 0.05) is 36.2 Å². The van der Waals surface area contributed by atoms with Crippen LogP contribution in [0.1, 0.15) is 19.4 Å². The molecule has 0 saturated carbocycles. The molecule has 0 aliphatic heterocycles. The van der Waals surface area contributed by atoms with Crippen molar-refractivity contribution in [1.82, 2.24) is 0 Å². The van der Waals surface area contributed by atoms with E-state index in [9.17, 15) is 5.11 Å². The summed E-state index contributed by atoms with van der Waals surface area (Å²) in [6.07, 6.45) is 3.80. The molecule has 1 aromatic carbocycles. The van der Waals surface area contributed by atoms with Crippen LogP contribution >= 0.6 is 12.6 Å². The van der Waals surface area contributed by atoms with Gasteiger partial charge in [-0.3, -0.25) is 0 Å². The van der Waals surface area contributed by atoms with Gasteiger partial charge in [0.05, 0.1) is 0 Å². The number of hydrogen-bond acceptors (Lipinski definition) is 3. The van der Waals surface area contributed by atoms with Crippen LogP contribution in [-0.4, -0.2) is 23.9 Å². The van der Waals surface area contributed by atoms with Crippen molar-refractivity contribution in [2.24, 2.45) is 0 Å². The third-order valence-electron chi connectivity index (χ3n) is 2.55. The lowest BCUT2D eigenvalue weighted by molar-refractivity contribution is 0.474. The lowest BCUT2D eigenvalue weighted by Gasteiger charge is -2.21. The highest BCUT2D eigenvalue weighted by molar-refractivity contribution is 7.80. The second kappa shape index (κ2) is 6.48. The van der Waals surface area contributed by atoms with Crippen LogP contribution in [0.5, 0.6) is 5.75 Å². The van der Waals surface area contributed by atoms with Crippen molar-refractivity contribution in [2.75, 3.05) is 23.7 Å². The van der Waals surface area contributed by atoms with Crippen LogP contribution in [0.2, 0.25) is 0 Å². The molecule has 0 spiro atoms. The smallest absolute Gasteiger partial charge is 0.124 e. The Labute approximate surface area is 103 Å². The summed E-state index contributed by atoms with van der Waals surface area (Å²) in [7, 11) is 0. The Bertz CT molecular complexity index is 359. The molecule has 2 nitrogen and oxygen atoms in total. The molecule has 0 fully saturated rings.